The number of hydrogen-bond donors (Lipinski definition) is 1. The van der Waals surface area contributed by atoms with Crippen molar-refractivity contribution in [1.29, 1.82) is 0 Å². The highest BCUT2D eigenvalue weighted by atomic mass is 16.3. The van der Waals surface area contributed by atoms with Gasteiger partial charge in [0.05, 0.1) is 5.69 Å². The van der Waals surface area contributed by atoms with E-state index in [9.17, 15) is 5.11 Å². The van der Waals surface area contributed by atoms with Gasteiger partial charge in [0.2, 0.25) is 0 Å². The second-order valence-corrected chi connectivity index (χ2v) is 7.67. The maximum Gasteiger partial charge on any atom is 0.0547 e. The van der Waals surface area contributed by atoms with Crippen molar-refractivity contribution in [3.63, 3.8) is 0 Å². The van der Waals surface area contributed by atoms with Gasteiger partial charge in [0.1, 0.15) is 0 Å². The summed E-state index contributed by atoms with van der Waals surface area (Å²) in [5.41, 5.74) is 2.26. The van der Waals surface area contributed by atoms with Crippen molar-refractivity contribution in [2.45, 2.75) is 58.0 Å². The summed E-state index contributed by atoms with van der Waals surface area (Å²) in [6, 6.07) is 6.78. The highest BCUT2D eigenvalue weighted by molar-refractivity contribution is 5.10. The molecule has 4 heteroatoms. The van der Waals surface area contributed by atoms with E-state index in [1.807, 2.05) is 0 Å². The summed E-state index contributed by atoms with van der Waals surface area (Å²) >= 11 is 0. The summed E-state index contributed by atoms with van der Waals surface area (Å²) in [4.78, 5) is 9.82. The van der Waals surface area contributed by atoms with E-state index in [1.54, 1.807) is 0 Å². The van der Waals surface area contributed by atoms with Gasteiger partial charge in [-0.05, 0) is 44.2 Å². The van der Waals surface area contributed by atoms with Crippen molar-refractivity contribution < 1.29 is 5.11 Å². The average Bonchev–Trinajstić information content (AvgIpc) is 2.58. The third-order valence-electron chi connectivity index (χ3n) is 5.70. The Morgan fingerprint density at radius 3 is 2.75 bits per heavy atom. The predicted octanol–water partition coefficient (Wildman–Crippen LogP) is 2.84. The highest BCUT2D eigenvalue weighted by Crippen LogP contribution is 2.26. The lowest BCUT2D eigenvalue weighted by Crippen LogP contribution is -2.54. The van der Waals surface area contributed by atoms with Crippen LogP contribution < -0.4 is 0 Å². The summed E-state index contributed by atoms with van der Waals surface area (Å²) in [5.74, 6) is 0.880. The lowest BCUT2D eigenvalue weighted by atomic mass is 9.88. The average molecular weight is 332 g/mol. The molecule has 2 aliphatic rings. The quantitative estimate of drug-likeness (QED) is 0.870. The number of rotatable bonds is 6. The van der Waals surface area contributed by atoms with Crippen LogP contribution in [0.1, 0.15) is 49.9 Å². The molecule has 1 saturated carbocycles. The van der Waals surface area contributed by atoms with Gasteiger partial charge in [0, 0.05) is 51.1 Å². The zero-order valence-electron chi connectivity index (χ0n) is 15.2. The Morgan fingerprint density at radius 1 is 1.17 bits per heavy atom. The van der Waals surface area contributed by atoms with Gasteiger partial charge < -0.3 is 5.11 Å². The molecule has 0 bridgehead atoms. The van der Waals surface area contributed by atoms with E-state index in [0.29, 0.717) is 12.6 Å². The van der Waals surface area contributed by atoms with Crippen LogP contribution in [0.15, 0.2) is 18.2 Å². The molecule has 2 fully saturated rings. The molecular formula is C20H33N3O. The van der Waals surface area contributed by atoms with E-state index in [4.69, 9.17) is 0 Å². The Bertz CT molecular complexity index is 501. The fraction of sp³-hybridized carbons (Fsp3) is 0.750. The number of aliphatic hydroxyl groups is 1. The normalized spacial score (nSPS) is 24.3. The zero-order valence-corrected chi connectivity index (χ0v) is 15.2. The van der Waals surface area contributed by atoms with Crippen LogP contribution in [-0.2, 0) is 6.54 Å². The van der Waals surface area contributed by atoms with Crippen molar-refractivity contribution in [2.75, 3.05) is 32.8 Å². The SMILES string of the molecule is Cc1cccc(CN2CCN(CC3CCCCC3)[C@@H](CCO)C2)n1. The topological polar surface area (TPSA) is 39.6 Å². The summed E-state index contributed by atoms with van der Waals surface area (Å²) < 4.78 is 0. The molecule has 0 radical (unpaired) electrons. The molecule has 0 amide bonds. The molecule has 1 saturated heterocycles. The number of aromatic nitrogens is 1. The molecule has 1 aliphatic heterocycles. The first kappa shape index (κ1) is 17.8. The van der Waals surface area contributed by atoms with E-state index >= 15 is 0 Å². The number of pyridine rings is 1. The molecule has 0 spiro atoms. The molecule has 1 aromatic rings. The lowest BCUT2D eigenvalue weighted by Gasteiger charge is -2.43. The van der Waals surface area contributed by atoms with Gasteiger partial charge >= 0.3 is 0 Å². The van der Waals surface area contributed by atoms with Gasteiger partial charge in [-0.25, -0.2) is 0 Å². The molecule has 4 nitrogen and oxygen atoms in total. The third kappa shape index (κ3) is 5.01. The minimum absolute atomic E-state index is 0.294. The maximum absolute atomic E-state index is 9.50. The molecule has 1 aliphatic carbocycles. The van der Waals surface area contributed by atoms with Gasteiger partial charge in [-0.1, -0.05) is 25.3 Å². The Labute approximate surface area is 146 Å². The molecule has 3 rings (SSSR count). The van der Waals surface area contributed by atoms with Gasteiger partial charge in [0.25, 0.3) is 0 Å². The minimum atomic E-state index is 0.294. The molecule has 0 unspecified atom stereocenters. The second-order valence-electron chi connectivity index (χ2n) is 7.67. The first-order valence-electron chi connectivity index (χ1n) is 9.74. The van der Waals surface area contributed by atoms with Crippen molar-refractivity contribution in [2.24, 2.45) is 5.92 Å². The largest absolute Gasteiger partial charge is 0.396 e. The number of piperazine rings is 1. The highest BCUT2D eigenvalue weighted by Gasteiger charge is 2.29. The number of aryl methyl sites for hydroxylation is 1. The van der Waals surface area contributed by atoms with E-state index in [1.165, 1.54) is 44.3 Å². The van der Waals surface area contributed by atoms with Gasteiger partial charge in [-0.2, -0.15) is 0 Å². The number of aliphatic hydroxyl groups excluding tert-OH is 1. The van der Waals surface area contributed by atoms with E-state index in [-0.39, 0.29) is 0 Å². The summed E-state index contributed by atoms with van der Waals surface area (Å²) in [6.45, 7) is 7.82. The van der Waals surface area contributed by atoms with E-state index in [0.717, 1.165) is 44.2 Å². The van der Waals surface area contributed by atoms with Gasteiger partial charge in [0.15, 0.2) is 0 Å². The first-order valence-corrected chi connectivity index (χ1v) is 9.74. The van der Waals surface area contributed by atoms with Crippen LogP contribution in [0.4, 0.5) is 0 Å². The summed E-state index contributed by atoms with van der Waals surface area (Å²) in [6.07, 6.45) is 7.94. The fourth-order valence-electron chi connectivity index (χ4n) is 4.38. The van der Waals surface area contributed by atoms with Crippen molar-refractivity contribution in [3.05, 3.63) is 29.6 Å². The Balaban J connectivity index is 1.55. The molecule has 0 aromatic carbocycles. The molecule has 1 N–H and O–H groups in total. The van der Waals surface area contributed by atoms with E-state index < -0.39 is 0 Å². The van der Waals surface area contributed by atoms with Crippen molar-refractivity contribution >= 4 is 0 Å². The summed E-state index contributed by atoms with van der Waals surface area (Å²) in [7, 11) is 0. The second kappa shape index (κ2) is 8.93. The first-order chi connectivity index (χ1) is 11.7. The van der Waals surface area contributed by atoms with Crippen LogP contribution in [0, 0.1) is 12.8 Å². The molecular weight excluding hydrogens is 298 g/mol. The van der Waals surface area contributed by atoms with Crippen molar-refractivity contribution in [1.82, 2.24) is 14.8 Å². The Hall–Kier alpha value is -0.970. The molecule has 24 heavy (non-hydrogen) atoms. The van der Waals surface area contributed by atoms with Crippen LogP contribution >= 0.6 is 0 Å². The molecule has 134 valence electrons. The molecule has 1 aromatic heterocycles. The standard InChI is InChI=1S/C20H33N3O/c1-17-6-5-9-19(21-17)15-22-11-12-23(20(16-22)10-13-24)14-18-7-3-2-4-8-18/h5-6,9,18,20,24H,2-4,7-8,10-16H2,1H3/t20-/m0/s1. The fourth-order valence-corrected chi connectivity index (χ4v) is 4.38. The zero-order chi connectivity index (χ0) is 16.8. The molecule has 2 heterocycles. The van der Waals surface area contributed by atoms with Gasteiger partial charge in [-0.3, -0.25) is 14.8 Å². The Kier molecular flexibility index (Phi) is 6.64. The number of nitrogens with zero attached hydrogens (tertiary/aromatic N) is 3. The summed E-state index contributed by atoms with van der Waals surface area (Å²) in [5, 5.41) is 9.50. The van der Waals surface area contributed by atoms with Crippen LogP contribution in [0.25, 0.3) is 0 Å². The monoisotopic (exact) mass is 331 g/mol. The lowest BCUT2D eigenvalue weighted by molar-refractivity contribution is 0.0395. The van der Waals surface area contributed by atoms with Crippen LogP contribution in [-0.4, -0.2) is 58.7 Å². The van der Waals surface area contributed by atoms with E-state index in [2.05, 4.69) is 39.9 Å². The smallest absolute Gasteiger partial charge is 0.0547 e. The third-order valence-corrected chi connectivity index (χ3v) is 5.70. The minimum Gasteiger partial charge on any atom is -0.396 e. The maximum atomic E-state index is 9.50. The van der Waals surface area contributed by atoms with Crippen LogP contribution in [0.5, 0.6) is 0 Å². The van der Waals surface area contributed by atoms with Gasteiger partial charge in [-0.15, -0.1) is 0 Å². The van der Waals surface area contributed by atoms with Crippen LogP contribution in [0.3, 0.4) is 0 Å². The van der Waals surface area contributed by atoms with Crippen molar-refractivity contribution in [3.8, 4) is 0 Å². The number of hydrogen-bond acceptors (Lipinski definition) is 4. The van der Waals surface area contributed by atoms with Crippen LogP contribution in [0.2, 0.25) is 0 Å². The molecule has 1 atom stereocenters. The predicted molar refractivity (Wildman–Crippen MR) is 97.9 cm³/mol. The Morgan fingerprint density at radius 2 is 2.00 bits per heavy atom.